The summed E-state index contributed by atoms with van der Waals surface area (Å²) in [6.07, 6.45) is 1.25. The number of thioether (sulfide) groups is 1. The van der Waals surface area contributed by atoms with Gasteiger partial charge in [0.05, 0.1) is 0 Å². The molecule has 0 aromatic carbocycles. The van der Waals surface area contributed by atoms with Crippen LogP contribution in [0.15, 0.2) is 0 Å². The number of hydrogen-bond donors (Lipinski definition) is 1. The van der Waals surface area contributed by atoms with E-state index in [-0.39, 0.29) is 0 Å². The molecule has 0 fully saturated rings. The van der Waals surface area contributed by atoms with Crippen LogP contribution in [0.1, 0.15) is 27.2 Å². The lowest BCUT2D eigenvalue weighted by Crippen LogP contribution is -2.23. The molecule has 0 radical (unpaired) electrons. The van der Waals surface area contributed by atoms with Gasteiger partial charge >= 0.3 is 0 Å². The minimum Gasteiger partial charge on any atom is -0.316 e. The van der Waals surface area contributed by atoms with Crippen LogP contribution in [0, 0.1) is 5.92 Å². The maximum Gasteiger partial charge on any atom is 0.00608 e. The van der Waals surface area contributed by atoms with E-state index < -0.39 is 0 Å². The van der Waals surface area contributed by atoms with E-state index in [2.05, 4.69) is 56.8 Å². The van der Waals surface area contributed by atoms with Gasteiger partial charge in [-0.1, -0.05) is 20.8 Å². The largest absolute Gasteiger partial charge is 0.316 e. The summed E-state index contributed by atoms with van der Waals surface area (Å²) in [7, 11) is 4.25. The molecule has 15 heavy (non-hydrogen) atoms. The van der Waals surface area contributed by atoms with Crippen molar-refractivity contribution in [2.24, 2.45) is 5.92 Å². The van der Waals surface area contributed by atoms with Gasteiger partial charge in [-0.3, -0.25) is 0 Å². The van der Waals surface area contributed by atoms with Gasteiger partial charge in [-0.25, -0.2) is 0 Å². The molecule has 0 aromatic rings. The van der Waals surface area contributed by atoms with Crippen LogP contribution in [0.2, 0.25) is 0 Å². The second kappa shape index (κ2) is 9.49. The van der Waals surface area contributed by atoms with E-state index in [1.807, 2.05) is 0 Å². The van der Waals surface area contributed by atoms with Crippen molar-refractivity contribution in [2.75, 3.05) is 39.5 Å². The molecule has 0 aliphatic carbocycles. The molecule has 0 aromatic heterocycles. The molecule has 1 N–H and O–H groups in total. The highest BCUT2D eigenvalue weighted by Gasteiger charge is 2.05. The molecule has 0 aliphatic heterocycles. The fourth-order valence-electron chi connectivity index (χ4n) is 1.15. The van der Waals surface area contributed by atoms with Crippen LogP contribution in [-0.4, -0.2) is 49.6 Å². The zero-order valence-electron chi connectivity index (χ0n) is 11.0. The maximum atomic E-state index is 3.49. The molecule has 3 heteroatoms. The fourth-order valence-corrected chi connectivity index (χ4v) is 2.17. The highest BCUT2D eigenvalue weighted by Crippen LogP contribution is 2.17. The minimum absolute atomic E-state index is 0.786. The Balaban J connectivity index is 3.11. The number of nitrogens with zero attached hydrogens (tertiary/aromatic N) is 1. The average molecular weight is 232 g/mol. The van der Waals surface area contributed by atoms with Crippen molar-refractivity contribution in [3.05, 3.63) is 0 Å². The van der Waals surface area contributed by atoms with E-state index in [4.69, 9.17) is 0 Å². The molecule has 0 saturated heterocycles. The zero-order valence-corrected chi connectivity index (χ0v) is 11.9. The molecule has 2 nitrogen and oxygen atoms in total. The van der Waals surface area contributed by atoms with Gasteiger partial charge in [0, 0.05) is 17.5 Å². The summed E-state index contributed by atoms with van der Waals surface area (Å²) in [6.45, 7) is 10.4. The SMILES string of the molecule is CC(C)C(C)SCCNCCCN(C)C. The van der Waals surface area contributed by atoms with Gasteiger partial charge in [0.2, 0.25) is 0 Å². The van der Waals surface area contributed by atoms with Crippen LogP contribution in [0.5, 0.6) is 0 Å². The van der Waals surface area contributed by atoms with E-state index in [9.17, 15) is 0 Å². The highest BCUT2D eigenvalue weighted by molar-refractivity contribution is 7.99. The van der Waals surface area contributed by atoms with Gasteiger partial charge in [-0.15, -0.1) is 0 Å². The van der Waals surface area contributed by atoms with Gasteiger partial charge in [0.15, 0.2) is 0 Å². The first-order chi connectivity index (χ1) is 7.04. The molecule has 0 bridgehead atoms. The predicted molar refractivity (Wildman–Crippen MR) is 72.8 cm³/mol. The fraction of sp³-hybridized carbons (Fsp3) is 1.00. The Morgan fingerprint density at radius 2 is 1.80 bits per heavy atom. The van der Waals surface area contributed by atoms with E-state index in [1.54, 1.807) is 0 Å². The van der Waals surface area contributed by atoms with Gasteiger partial charge in [0.1, 0.15) is 0 Å². The van der Waals surface area contributed by atoms with Crippen LogP contribution in [-0.2, 0) is 0 Å². The number of nitrogens with one attached hydrogen (secondary N) is 1. The zero-order chi connectivity index (χ0) is 11.7. The second-order valence-electron chi connectivity index (χ2n) is 4.73. The first-order valence-electron chi connectivity index (χ1n) is 6.01. The molecule has 92 valence electrons. The summed E-state index contributed by atoms with van der Waals surface area (Å²) >= 11 is 2.08. The summed E-state index contributed by atoms with van der Waals surface area (Å²) in [5.41, 5.74) is 0. The smallest absolute Gasteiger partial charge is 0.00608 e. The lowest BCUT2D eigenvalue weighted by atomic mass is 10.2. The number of rotatable bonds is 9. The van der Waals surface area contributed by atoms with Crippen LogP contribution >= 0.6 is 11.8 Å². The van der Waals surface area contributed by atoms with E-state index in [0.29, 0.717) is 0 Å². The minimum atomic E-state index is 0.786. The third-order valence-electron chi connectivity index (χ3n) is 2.56. The highest BCUT2D eigenvalue weighted by atomic mass is 32.2. The molecular formula is C12H28N2S. The van der Waals surface area contributed by atoms with Crippen molar-refractivity contribution in [2.45, 2.75) is 32.4 Å². The normalized spacial score (nSPS) is 13.8. The van der Waals surface area contributed by atoms with Gasteiger partial charge in [-0.2, -0.15) is 11.8 Å². The molecule has 1 atom stereocenters. The molecule has 0 rings (SSSR count). The second-order valence-corrected chi connectivity index (χ2v) is 6.21. The Kier molecular flexibility index (Phi) is 9.66. The van der Waals surface area contributed by atoms with Crippen LogP contribution in [0.3, 0.4) is 0 Å². The standard InChI is InChI=1S/C12H28N2S/c1-11(2)12(3)15-10-8-13-7-6-9-14(4)5/h11-13H,6-10H2,1-5H3. The Labute approximate surface area is 100 Å². The van der Waals surface area contributed by atoms with E-state index in [0.717, 1.165) is 24.3 Å². The van der Waals surface area contributed by atoms with Crippen LogP contribution in [0.4, 0.5) is 0 Å². The van der Waals surface area contributed by atoms with Crippen LogP contribution in [0.25, 0.3) is 0 Å². The average Bonchev–Trinajstić information content (AvgIpc) is 2.15. The molecule has 1 unspecified atom stereocenters. The van der Waals surface area contributed by atoms with Crippen molar-refractivity contribution in [1.82, 2.24) is 10.2 Å². The number of hydrogen-bond acceptors (Lipinski definition) is 3. The third-order valence-corrected chi connectivity index (χ3v) is 4.07. The Hall–Kier alpha value is 0.270. The lowest BCUT2D eigenvalue weighted by Gasteiger charge is -2.15. The Bertz CT molecular complexity index is 138. The van der Waals surface area contributed by atoms with E-state index >= 15 is 0 Å². The molecular weight excluding hydrogens is 204 g/mol. The first kappa shape index (κ1) is 15.3. The van der Waals surface area contributed by atoms with Crippen molar-refractivity contribution in [3.63, 3.8) is 0 Å². The van der Waals surface area contributed by atoms with Gasteiger partial charge < -0.3 is 10.2 Å². The molecule has 0 saturated carbocycles. The van der Waals surface area contributed by atoms with Crippen molar-refractivity contribution < 1.29 is 0 Å². The topological polar surface area (TPSA) is 15.3 Å². The van der Waals surface area contributed by atoms with E-state index in [1.165, 1.54) is 18.7 Å². The van der Waals surface area contributed by atoms with Gasteiger partial charge in [0.25, 0.3) is 0 Å². The molecule has 0 spiro atoms. The monoisotopic (exact) mass is 232 g/mol. The third kappa shape index (κ3) is 10.6. The summed E-state index contributed by atoms with van der Waals surface area (Å²) in [4.78, 5) is 2.23. The molecule has 0 amide bonds. The summed E-state index contributed by atoms with van der Waals surface area (Å²) in [5, 5.41) is 4.27. The first-order valence-corrected chi connectivity index (χ1v) is 7.06. The molecule has 0 aliphatic rings. The Morgan fingerprint density at radius 1 is 1.13 bits per heavy atom. The van der Waals surface area contributed by atoms with Crippen molar-refractivity contribution >= 4 is 11.8 Å². The summed E-state index contributed by atoms with van der Waals surface area (Å²) in [5.74, 6) is 2.03. The van der Waals surface area contributed by atoms with Crippen molar-refractivity contribution in [3.8, 4) is 0 Å². The predicted octanol–water partition coefficient (Wildman–Crippen LogP) is 2.31. The summed E-state index contributed by atoms with van der Waals surface area (Å²) in [6, 6.07) is 0. The lowest BCUT2D eigenvalue weighted by molar-refractivity contribution is 0.396. The maximum absolute atomic E-state index is 3.49. The Morgan fingerprint density at radius 3 is 2.33 bits per heavy atom. The van der Waals surface area contributed by atoms with Gasteiger partial charge in [-0.05, 0) is 39.5 Å². The van der Waals surface area contributed by atoms with Crippen LogP contribution < -0.4 is 5.32 Å². The summed E-state index contributed by atoms with van der Waals surface area (Å²) < 4.78 is 0. The quantitative estimate of drug-likeness (QED) is 0.614. The van der Waals surface area contributed by atoms with Crippen molar-refractivity contribution in [1.29, 1.82) is 0 Å². The molecule has 0 heterocycles.